The molecular formula is C22H31IN6O. The summed E-state index contributed by atoms with van der Waals surface area (Å²) in [5, 5.41) is 15.3. The van der Waals surface area contributed by atoms with Gasteiger partial charge in [0.25, 0.3) is 0 Å². The van der Waals surface area contributed by atoms with Gasteiger partial charge in [0, 0.05) is 37.0 Å². The second-order valence-corrected chi connectivity index (χ2v) is 6.68. The molecule has 0 aliphatic heterocycles. The highest BCUT2D eigenvalue weighted by atomic mass is 127. The van der Waals surface area contributed by atoms with Crippen molar-refractivity contribution in [2.24, 2.45) is 4.99 Å². The number of nitrogens with zero attached hydrogens (tertiary/aromatic N) is 3. The average Bonchev–Trinajstić information content (AvgIpc) is 3.16. The first kappa shape index (κ1) is 23.9. The zero-order valence-corrected chi connectivity index (χ0v) is 20.2. The Morgan fingerprint density at radius 1 is 1.00 bits per heavy atom. The molecule has 0 aliphatic carbocycles. The van der Waals surface area contributed by atoms with E-state index in [-0.39, 0.29) is 24.0 Å². The molecule has 0 aliphatic rings. The summed E-state index contributed by atoms with van der Waals surface area (Å²) in [6.45, 7) is 9.04. The van der Waals surface area contributed by atoms with Gasteiger partial charge in [-0.05, 0) is 31.5 Å². The minimum atomic E-state index is 0. The van der Waals surface area contributed by atoms with Crippen LogP contribution in [0.15, 0.2) is 45.9 Å². The highest BCUT2D eigenvalue weighted by molar-refractivity contribution is 14.0. The molecule has 0 unspecified atom stereocenters. The minimum Gasteiger partial charge on any atom is -0.368 e. The molecule has 3 N–H and O–H groups in total. The summed E-state index contributed by atoms with van der Waals surface area (Å²) in [7, 11) is 0. The molecule has 0 amide bonds. The van der Waals surface area contributed by atoms with Crippen LogP contribution < -0.4 is 16.0 Å². The molecule has 162 valence electrons. The van der Waals surface area contributed by atoms with Crippen molar-refractivity contribution < 1.29 is 4.52 Å². The fourth-order valence-electron chi connectivity index (χ4n) is 3.15. The van der Waals surface area contributed by atoms with E-state index in [1.54, 1.807) is 0 Å². The molecule has 7 nitrogen and oxygen atoms in total. The zero-order valence-electron chi connectivity index (χ0n) is 17.9. The van der Waals surface area contributed by atoms with E-state index in [0.717, 1.165) is 72.2 Å². The van der Waals surface area contributed by atoms with Gasteiger partial charge in [-0.15, -0.1) is 24.0 Å². The lowest BCUT2D eigenvalue weighted by atomic mass is 10.1. The Morgan fingerprint density at radius 2 is 1.83 bits per heavy atom. The molecule has 1 aromatic carbocycles. The van der Waals surface area contributed by atoms with E-state index >= 15 is 0 Å². The number of benzene rings is 1. The molecule has 2 aromatic heterocycles. The molecule has 0 fully saturated rings. The van der Waals surface area contributed by atoms with Crippen molar-refractivity contribution >= 4 is 46.7 Å². The molecule has 3 aromatic rings. The maximum atomic E-state index is 5.43. The number of nitrogens with one attached hydrogen (secondary N) is 3. The van der Waals surface area contributed by atoms with Crippen LogP contribution >= 0.6 is 24.0 Å². The smallest absolute Gasteiger partial charge is 0.191 e. The Bertz CT molecular complexity index is 934. The third-order valence-corrected chi connectivity index (χ3v) is 4.67. The molecule has 0 atom stereocenters. The number of aromatic nitrogens is 2. The third-order valence-electron chi connectivity index (χ3n) is 4.67. The Kier molecular flexibility index (Phi) is 9.85. The second-order valence-electron chi connectivity index (χ2n) is 6.68. The summed E-state index contributed by atoms with van der Waals surface area (Å²) in [4.78, 5) is 9.34. The highest BCUT2D eigenvalue weighted by Crippen LogP contribution is 2.17. The molecule has 0 saturated heterocycles. The predicted molar refractivity (Wildman–Crippen MR) is 134 cm³/mol. The van der Waals surface area contributed by atoms with Crippen LogP contribution in [0, 0.1) is 0 Å². The standard InChI is InChI=1S/C22H30N6O.HI/c1-4-18-17(20(5-2)29-28-18)15-26-22(23-6-3)25-14-13-24-21-12-11-16-9-7-8-10-19(16)27-21;/h7-12H,4-6,13-15H2,1-3H3,(H,24,27)(H2,23,25,26);1H. The Hall–Kier alpha value is -2.36. The molecule has 0 spiro atoms. The van der Waals surface area contributed by atoms with E-state index in [4.69, 9.17) is 9.52 Å². The van der Waals surface area contributed by atoms with Crippen LogP contribution in [0.4, 0.5) is 5.82 Å². The van der Waals surface area contributed by atoms with Crippen molar-refractivity contribution in [1.82, 2.24) is 20.8 Å². The summed E-state index contributed by atoms with van der Waals surface area (Å²) in [6.07, 6.45) is 1.67. The molecular weight excluding hydrogens is 491 g/mol. The van der Waals surface area contributed by atoms with Gasteiger partial charge in [0.05, 0.1) is 17.8 Å². The number of rotatable bonds is 9. The van der Waals surface area contributed by atoms with Gasteiger partial charge in [0.2, 0.25) is 0 Å². The lowest BCUT2D eigenvalue weighted by molar-refractivity contribution is 0.380. The van der Waals surface area contributed by atoms with Crippen molar-refractivity contribution in [2.45, 2.75) is 40.2 Å². The van der Waals surface area contributed by atoms with Crippen molar-refractivity contribution in [3.05, 3.63) is 53.4 Å². The topological polar surface area (TPSA) is 87.4 Å². The van der Waals surface area contributed by atoms with Gasteiger partial charge in [0.15, 0.2) is 5.96 Å². The van der Waals surface area contributed by atoms with E-state index < -0.39 is 0 Å². The maximum Gasteiger partial charge on any atom is 0.191 e. The van der Waals surface area contributed by atoms with Crippen molar-refractivity contribution in [1.29, 1.82) is 0 Å². The first-order valence-corrected chi connectivity index (χ1v) is 10.3. The van der Waals surface area contributed by atoms with Crippen LogP contribution in [0.25, 0.3) is 10.9 Å². The van der Waals surface area contributed by atoms with E-state index in [1.165, 1.54) is 0 Å². The SMILES string of the molecule is CCNC(=NCc1c(CC)noc1CC)NCCNc1ccc2ccccc2n1.I. The first-order valence-electron chi connectivity index (χ1n) is 10.3. The number of para-hydroxylation sites is 1. The third kappa shape index (κ3) is 6.32. The Balaban J connectivity index is 0.00000320. The Labute approximate surface area is 195 Å². The van der Waals surface area contributed by atoms with Crippen LogP contribution in [-0.4, -0.2) is 35.7 Å². The molecule has 0 saturated carbocycles. The number of anilines is 1. The Morgan fingerprint density at radius 3 is 2.60 bits per heavy atom. The number of halogens is 1. The van der Waals surface area contributed by atoms with Gasteiger partial charge in [0.1, 0.15) is 11.6 Å². The van der Waals surface area contributed by atoms with Crippen LogP contribution in [0.1, 0.15) is 37.8 Å². The molecule has 30 heavy (non-hydrogen) atoms. The number of aliphatic imine (C=N–C) groups is 1. The van der Waals surface area contributed by atoms with E-state index in [1.807, 2.05) is 24.3 Å². The molecule has 0 radical (unpaired) electrons. The summed E-state index contributed by atoms with van der Waals surface area (Å²) in [5.74, 6) is 2.58. The first-order chi connectivity index (χ1) is 14.2. The van der Waals surface area contributed by atoms with Gasteiger partial charge in [-0.2, -0.15) is 0 Å². The zero-order chi connectivity index (χ0) is 20.5. The van der Waals surface area contributed by atoms with E-state index in [2.05, 4.69) is 59.0 Å². The number of fused-ring (bicyclic) bond motifs is 1. The average molecular weight is 522 g/mol. The van der Waals surface area contributed by atoms with Gasteiger partial charge < -0.3 is 20.5 Å². The lowest BCUT2D eigenvalue weighted by Crippen LogP contribution is -2.39. The van der Waals surface area contributed by atoms with Gasteiger partial charge in [-0.3, -0.25) is 0 Å². The lowest BCUT2D eigenvalue weighted by Gasteiger charge is -2.12. The fourth-order valence-corrected chi connectivity index (χ4v) is 3.15. The van der Waals surface area contributed by atoms with Crippen molar-refractivity contribution in [3.8, 4) is 0 Å². The number of hydrogen-bond donors (Lipinski definition) is 3. The van der Waals surface area contributed by atoms with Crippen LogP contribution in [-0.2, 0) is 19.4 Å². The van der Waals surface area contributed by atoms with Gasteiger partial charge in [-0.25, -0.2) is 9.98 Å². The monoisotopic (exact) mass is 522 g/mol. The van der Waals surface area contributed by atoms with E-state index in [0.29, 0.717) is 6.54 Å². The van der Waals surface area contributed by atoms with Crippen LogP contribution in [0.2, 0.25) is 0 Å². The summed E-state index contributed by atoms with van der Waals surface area (Å²) in [6, 6.07) is 12.2. The number of hydrogen-bond acceptors (Lipinski definition) is 5. The minimum absolute atomic E-state index is 0. The molecule has 8 heteroatoms. The maximum absolute atomic E-state index is 5.43. The van der Waals surface area contributed by atoms with E-state index in [9.17, 15) is 0 Å². The molecule has 3 rings (SSSR count). The summed E-state index contributed by atoms with van der Waals surface area (Å²) < 4.78 is 5.43. The van der Waals surface area contributed by atoms with Crippen molar-refractivity contribution in [3.63, 3.8) is 0 Å². The van der Waals surface area contributed by atoms with Crippen LogP contribution in [0.5, 0.6) is 0 Å². The predicted octanol–water partition coefficient (Wildman–Crippen LogP) is 4.13. The summed E-state index contributed by atoms with van der Waals surface area (Å²) >= 11 is 0. The number of pyridine rings is 1. The second kappa shape index (κ2) is 12.4. The fraction of sp³-hybridized carbons (Fsp3) is 0.409. The molecule has 0 bridgehead atoms. The summed E-state index contributed by atoms with van der Waals surface area (Å²) in [5.41, 5.74) is 3.09. The quantitative estimate of drug-likeness (QED) is 0.170. The molecule has 2 heterocycles. The van der Waals surface area contributed by atoms with Gasteiger partial charge in [-0.1, -0.05) is 37.2 Å². The normalized spacial score (nSPS) is 11.2. The van der Waals surface area contributed by atoms with Gasteiger partial charge >= 0.3 is 0 Å². The number of guanidine groups is 1. The highest BCUT2D eigenvalue weighted by Gasteiger charge is 2.13. The largest absolute Gasteiger partial charge is 0.368 e. The van der Waals surface area contributed by atoms with Crippen LogP contribution in [0.3, 0.4) is 0 Å². The number of aryl methyl sites for hydroxylation is 2. The van der Waals surface area contributed by atoms with Crippen molar-refractivity contribution in [2.75, 3.05) is 25.0 Å².